The molecule has 2 aromatic heterocycles. The SMILES string of the molecule is COCc1cc(Nc2ccc(OCC3CCCCC3)cc2)n2ncnc2n1. The van der Waals surface area contributed by atoms with Crippen molar-refractivity contribution in [3.05, 3.63) is 42.4 Å². The number of benzene rings is 1. The fourth-order valence-electron chi connectivity index (χ4n) is 3.52. The molecule has 0 aliphatic heterocycles. The Balaban J connectivity index is 1.43. The van der Waals surface area contributed by atoms with E-state index in [0.717, 1.165) is 29.6 Å². The average Bonchev–Trinajstić information content (AvgIpc) is 3.17. The van der Waals surface area contributed by atoms with Crippen molar-refractivity contribution < 1.29 is 9.47 Å². The Hall–Kier alpha value is -2.67. The Morgan fingerprint density at radius 2 is 1.96 bits per heavy atom. The lowest BCUT2D eigenvalue weighted by molar-refractivity contribution is 0.181. The highest BCUT2D eigenvalue weighted by molar-refractivity contribution is 5.59. The van der Waals surface area contributed by atoms with Crippen LogP contribution in [0.2, 0.25) is 0 Å². The van der Waals surface area contributed by atoms with Gasteiger partial charge in [-0.3, -0.25) is 0 Å². The number of fused-ring (bicyclic) bond motifs is 1. The Morgan fingerprint density at radius 1 is 1.15 bits per heavy atom. The summed E-state index contributed by atoms with van der Waals surface area (Å²) in [7, 11) is 1.65. The molecule has 0 amide bonds. The van der Waals surface area contributed by atoms with Gasteiger partial charge >= 0.3 is 0 Å². The summed E-state index contributed by atoms with van der Waals surface area (Å²) in [4.78, 5) is 8.59. The van der Waals surface area contributed by atoms with E-state index in [0.29, 0.717) is 18.3 Å². The average molecular weight is 367 g/mol. The first-order valence-electron chi connectivity index (χ1n) is 9.50. The van der Waals surface area contributed by atoms with E-state index in [1.165, 1.54) is 38.4 Å². The maximum atomic E-state index is 5.98. The monoisotopic (exact) mass is 367 g/mol. The number of nitrogens with one attached hydrogen (secondary N) is 1. The predicted octanol–water partition coefficient (Wildman–Crippen LogP) is 3.97. The molecule has 0 radical (unpaired) electrons. The van der Waals surface area contributed by atoms with Crippen molar-refractivity contribution >= 4 is 17.3 Å². The minimum Gasteiger partial charge on any atom is -0.493 e. The summed E-state index contributed by atoms with van der Waals surface area (Å²) in [6, 6.07) is 9.94. The first kappa shape index (κ1) is 17.7. The third kappa shape index (κ3) is 4.36. The lowest BCUT2D eigenvalue weighted by Gasteiger charge is -2.21. The van der Waals surface area contributed by atoms with Gasteiger partial charge < -0.3 is 14.8 Å². The van der Waals surface area contributed by atoms with Crippen LogP contribution in [0.4, 0.5) is 11.5 Å². The highest BCUT2D eigenvalue weighted by Crippen LogP contribution is 2.26. The number of methoxy groups -OCH3 is 1. The van der Waals surface area contributed by atoms with Crippen LogP contribution in [0.15, 0.2) is 36.7 Å². The highest BCUT2D eigenvalue weighted by Gasteiger charge is 2.14. The van der Waals surface area contributed by atoms with Crippen molar-refractivity contribution in [2.75, 3.05) is 19.0 Å². The Morgan fingerprint density at radius 3 is 2.74 bits per heavy atom. The van der Waals surface area contributed by atoms with Gasteiger partial charge in [0.05, 0.1) is 18.9 Å². The maximum Gasteiger partial charge on any atom is 0.254 e. The van der Waals surface area contributed by atoms with Crippen LogP contribution in [0.1, 0.15) is 37.8 Å². The minimum atomic E-state index is 0.423. The van der Waals surface area contributed by atoms with Gasteiger partial charge in [0.2, 0.25) is 0 Å². The van der Waals surface area contributed by atoms with E-state index in [2.05, 4.69) is 20.4 Å². The lowest BCUT2D eigenvalue weighted by Crippen LogP contribution is -2.15. The van der Waals surface area contributed by atoms with Crippen LogP contribution in [-0.4, -0.2) is 33.3 Å². The van der Waals surface area contributed by atoms with Crippen molar-refractivity contribution in [2.24, 2.45) is 5.92 Å². The highest BCUT2D eigenvalue weighted by atomic mass is 16.5. The first-order valence-corrected chi connectivity index (χ1v) is 9.50. The van der Waals surface area contributed by atoms with E-state index in [9.17, 15) is 0 Å². The van der Waals surface area contributed by atoms with Crippen LogP contribution in [0.5, 0.6) is 5.75 Å². The molecular formula is C20H25N5O2. The van der Waals surface area contributed by atoms with E-state index in [4.69, 9.17) is 9.47 Å². The molecular weight excluding hydrogens is 342 g/mol. The quantitative estimate of drug-likeness (QED) is 0.681. The zero-order valence-corrected chi connectivity index (χ0v) is 15.6. The van der Waals surface area contributed by atoms with Gasteiger partial charge in [-0.05, 0) is 43.0 Å². The van der Waals surface area contributed by atoms with Crippen LogP contribution in [0.25, 0.3) is 5.78 Å². The van der Waals surface area contributed by atoms with Gasteiger partial charge in [-0.25, -0.2) is 4.98 Å². The van der Waals surface area contributed by atoms with E-state index < -0.39 is 0 Å². The summed E-state index contributed by atoms with van der Waals surface area (Å²) in [6.45, 7) is 1.24. The van der Waals surface area contributed by atoms with Crippen molar-refractivity contribution in [3.63, 3.8) is 0 Å². The predicted molar refractivity (Wildman–Crippen MR) is 103 cm³/mol. The molecule has 4 rings (SSSR count). The van der Waals surface area contributed by atoms with Crippen molar-refractivity contribution in [1.82, 2.24) is 19.6 Å². The first-order chi connectivity index (χ1) is 13.3. The molecule has 7 heteroatoms. The molecule has 0 atom stereocenters. The molecule has 1 fully saturated rings. The van der Waals surface area contributed by atoms with Crippen LogP contribution in [0, 0.1) is 5.92 Å². The third-order valence-corrected chi connectivity index (χ3v) is 4.93. The van der Waals surface area contributed by atoms with E-state index in [1.54, 1.807) is 11.6 Å². The largest absolute Gasteiger partial charge is 0.493 e. The molecule has 1 saturated carbocycles. The van der Waals surface area contributed by atoms with Crippen molar-refractivity contribution in [3.8, 4) is 5.75 Å². The van der Waals surface area contributed by atoms with E-state index in [1.807, 2.05) is 30.3 Å². The lowest BCUT2D eigenvalue weighted by atomic mass is 9.90. The molecule has 0 spiro atoms. The molecule has 1 N–H and O–H groups in total. The van der Waals surface area contributed by atoms with Gasteiger partial charge in [0, 0.05) is 18.9 Å². The molecule has 1 aliphatic carbocycles. The third-order valence-electron chi connectivity index (χ3n) is 4.93. The normalized spacial score (nSPS) is 15.1. The van der Waals surface area contributed by atoms with Gasteiger partial charge in [-0.1, -0.05) is 19.3 Å². The summed E-state index contributed by atoms with van der Waals surface area (Å²) >= 11 is 0. The number of aromatic nitrogens is 4. The molecule has 27 heavy (non-hydrogen) atoms. The van der Waals surface area contributed by atoms with Gasteiger partial charge in [0.1, 0.15) is 17.9 Å². The van der Waals surface area contributed by atoms with Crippen LogP contribution in [0.3, 0.4) is 0 Å². The summed E-state index contributed by atoms with van der Waals surface area (Å²) in [5.74, 6) is 2.94. The van der Waals surface area contributed by atoms with E-state index in [-0.39, 0.29) is 0 Å². The number of anilines is 2. The molecule has 3 aromatic rings. The maximum absolute atomic E-state index is 5.98. The zero-order valence-electron chi connectivity index (χ0n) is 15.6. The summed E-state index contributed by atoms with van der Waals surface area (Å²) in [5.41, 5.74) is 1.75. The molecule has 1 aromatic carbocycles. The summed E-state index contributed by atoms with van der Waals surface area (Å²) < 4.78 is 12.8. The fraction of sp³-hybridized carbons (Fsp3) is 0.450. The van der Waals surface area contributed by atoms with Gasteiger partial charge in [0.15, 0.2) is 0 Å². The number of hydrogen-bond donors (Lipinski definition) is 1. The van der Waals surface area contributed by atoms with Crippen LogP contribution >= 0.6 is 0 Å². The molecule has 7 nitrogen and oxygen atoms in total. The number of ether oxygens (including phenoxy) is 2. The molecule has 0 unspecified atom stereocenters. The second-order valence-electron chi connectivity index (χ2n) is 7.00. The standard InChI is InChI=1S/C20H25N5O2/c1-26-13-17-11-19(25-20(24-17)21-14-22-25)23-16-7-9-18(10-8-16)27-12-15-5-3-2-4-6-15/h7-11,14-15,23H,2-6,12-13H2,1H3. The Kier molecular flexibility index (Phi) is 5.48. The van der Waals surface area contributed by atoms with Gasteiger partial charge in [-0.2, -0.15) is 14.6 Å². The Bertz CT molecular complexity index is 872. The Labute approximate surface area is 158 Å². The molecule has 2 heterocycles. The topological polar surface area (TPSA) is 73.6 Å². The number of nitrogens with zero attached hydrogens (tertiary/aromatic N) is 4. The molecule has 0 saturated heterocycles. The van der Waals surface area contributed by atoms with Crippen molar-refractivity contribution in [2.45, 2.75) is 38.7 Å². The molecule has 142 valence electrons. The van der Waals surface area contributed by atoms with Gasteiger partial charge in [0.25, 0.3) is 5.78 Å². The second kappa shape index (κ2) is 8.35. The van der Waals surface area contributed by atoms with E-state index >= 15 is 0 Å². The summed E-state index contributed by atoms with van der Waals surface area (Å²) in [5, 5.41) is 7.60. The zero-order chi connectivity index (χ0) is 18.5. The van der Waals surface area contributed by atoms with Gasteiger partial charge in [-0.15, -0.1) is 0 Å². The number of hydrogen-bond acceptors (Lipinski definition) is 6. The number of rotatable bonds is 7. The van der Waals surface area contributed by atoms with Crippen LogP contribution < -0.4 is 10.1 Å². The van der Waals surface area contributed by atoms with Crippen molar-refractivity contribution in [1.29, 1.82) is 0 Å². The minimum absolute atomic E-state index is 0.423. The van der Waals surface area contributed by atoms with Crippen LogP contribution in [-0.2, 0) is 11.3 Å². The molecule has 0 bridgehead atoms. The molecule has 1 aliphatic rings. The second-order valence-corrected chi connectivity index (χ2v) is 7.00. The fourth-order valence-corrected chi connectivity index (χ4v) is 3.52. The smallest absolute Gasteiger partial charge is 0.254 e. The summed E-state index contributed by atoms with van der Waals surface area (Å²) in [6.07, 6.45) is 8.12.